The highest BCUT2D eigenvalue weighted by Gasteiger charge is 2.09. The molecule has 1 rings (SSSR count). The summed E-state index contributed by atoms with van der Waals surface area (Å²) in [4.78, 5) is 11.6. The Labute approximate surface area is 85.1 Å². The number of Topliss-reactive ketones (excluding diaryl/α,β-unsaturated/α-hetero) is 1. The number of hydrogen-bond acceptors (Lipinski definition) is 2. The highest BCUT2D eigenvalue weighted by atomic mass is 16.1. The van der Waals surface area contributed by atoms with Gasteiger partial charge in [0.25, 0.3) is 0 Å². The molecule has 0 radical (unpaired) electrons. The Bertz CT molecular complexity index is 302. The van der Waals surface area contributed by atoms with Crippen molar-refractivity contribution in [3.05, 3.63) is 18.0 Å². The van der Waals surface area contributed by atoms with Gasteiger partial charge in [-0.25, -0.2) is 0 Å². The molecular formula is C11H18N2O. The van der Waals surface area contributed by atoms with Crippen LogP contribution in [0.25, 0.3) is 0 Å². The number of nitrogens with zero attached hydrogens (tertiary/aromatic N) is 2. The minimum Gasteiger partial charge on any atom is -0.294 e. The molecule has 1 aromatic heterocycles. The third-order valence-electron chi connectivity index (χ3n) is 2.00. The molecule has 78 valence electrons. The van der Waals surface area contributed by atoms with E-state index >= 15 is 0 Å². The minimum atomic E-state index is 0.197. The first kappa shape index (κ1) is 11.0. The first-order chi connectivity index (χ1) is 6.63. The molecule has 0 atom stereocenters. The Kier molecular flexibility index (Phi) is 3.86. The van der Waals surface area contributed by atoms with E-state index < -0.39 is 0 Å². The largest absolute Gasteiger partial charge is 0.294 e. The topological polar surface area (TPSA) is 34.9 Å². The number of carbonyl (C=O) groups is 1. The molecule has 0 aliphatic rings. The van der Waals surface area contributed by atoms with Gasteiger partial charge in [-0.3, -0.25) is 9.48 Å². The van der Waals surface area contributed by atoms with Crippen LogP contribution >= 0.6 is 0 Å². The molecule has 0 N–H and O–H groups in total. The van der Waals surface area contributed by atoms with Crippen LogP contribution in [0.15, 0.2) is 12.4 Å². The van der Waals surface area contributed by atoms with Gasteiger partial charge in [-0.1, -0.05) is 20.8 Å². The molecule has 0 saturated heterocycles. The van der Waals surface area contributed by atoms with E-state index in [0.717, 1.165) is 18.5 Å². The van der Waals surface area contributed by atoms with E-state index in [1.807, 2.05) is 24.7 Å². The summed E-state index contributed by atoms with van der Waals surface area (Å²) in [6.07, 6.45) is 5.16. The molecule has 0 unspecified atom stereocenters. The van der Waals surface area contributed by atoms with Crippen molar-refractivity contribution < 1.29 is 4.79 Å². The van der Waals surface area contributed by atoms with Crippen molar-refractivity contribution in [1.29, 1.82) is 0 Å². The lowest BCUT2D eigenvalue weighted by Crippen LogP contribution is -2.02. The van der Waals surface area contributed by atoms with Crippen LogP contribution in [0, 0.1) is 5.92 Å². The van der Waals surface area contributed by atoms with E-state index in [4.69, 9.17) is 0 Å². The van der Waals surface area contributed by atoms with Gasteiger partial charge < -0.3 is 0 Å². The SMILES string of the molecule is CCCn1cc(C(=O)CC(C)C)cn1. The standard InChI is InChI=1S/C11H18N2O/c1-4-5-13-8-10(7-12-13)11(14)6-9(2)3/h7-9H,4-6H2,1-3H3. The molecule has 14 heavy (non-hydrogen) atoms. The van der Waals surface area contributed by atoms with Crippen LogP contribution in [-0.2, 0) is 6.54 Å². The van der Waals surface area contributed by atoms with Gasteiger partial charge in [0.1, 0.15) is 0 Å². The normalized spacial score (nSPS) is 10.9. The second-order valence-corrected chi connectivity index (χ2v) is 4.01. The molecule has 0 saturated carbocycles. The van der Waals surface area contributed by atoms with E-state index in [9.17, 15) is 4.79 Å². The first-order valence-electron chi connectivity index (χ1n) is 5.19. The summed E-state index contributed by atoms with van der Waals surface area (Å²) in [5, 5.41) is 4.13. The zero-order valence-electron chi connectivity index (χ0n) is 9.16. The molecule has 0 aliphatic heterocycles. The number of carbonyl (C=O) groups excluding carboxylic acids is 1. The van der Waals surface area contributed by atoms with E-state index in [1.54, 1.807) is 6.20 Å². The maximum absolute atomic E-state index is 11.6. The van der Waals surface area contributed by atoms with Crippen LogP contribution in [0.2, 0.25) is 0 Å². The molecular weight excluding hydrogens is 176 g/mol. The second kappa shape index (κ2) is 4.94. The van der Waals surface area contributed by atoms with Crippen molar-refractivity contribution >= 4 is 5.78 Å². The number of ketones is 1. The van der Waals surface area contributed by atoms with Gasteiger partial charge in [0, 0.05) is 19.2 Å². The van der Waals surface area contributed by atoms with Crippen LogP contribution in [0.1, 0.15) is 44.0 Å². The lowest BCUT2D eigenvalue weighted by Gasteiger charge is -2.00. The summed E-state index contributed by atoms with van der Waals surface area (Å²) < 4.78 is 1.83. The quantitative estimate of drug-likeness (QED) is 0.675. The molecule has 3 nitrogen and oxygen atoms in total. The highest BCUT2D eigenvalue weighted by molar-refractivity contribution is 5.95. The maximum atomic E-state index is 11.6. The van der Waals surface area contributed by atoms with Crippen molar-refractivity contribution in [2.75, 3.05) is 0 Å². The van der Waals surface area contributed by atoms with Crippen LogP contribution < -0.4 is 0 Å². The number of rotatable bonds is 5. The van der Waals surface area contributed by atoms with Crippen molar-refractivity contribution in [2.24, 2.45) is 5.92 Å². The van der Waals surface area contributed by atoms with E-state index in [1.165, 1.54) is 0 Å². The van der Waals surface area contributed by atoms with Crippen molar-refractivity contribution in [1.82, 2.24) is 9.78 Å². The van der Waals surface area contributed by atoms with Crippen LogP contribution in [0.4, 0.5) is 0 Å². The van der Waals surface area contributed by atoms with Crippen molar-refractivity contribution in [3.8, 4) is 0 Å². The zero-order valence-corrected chi connectivity index (χ0v) is 9.16. The second-order valence-electron chi connectivity index (χ2n) is 4.01. The molecule has 3 heteroatoms. The van der Waals surface area contributed by atoms with Gasteiger partial charge in [0.2, 0.25) is 0 Å². The van der Waals surface area contributed by atoms with Gasteiger partial charge in [-0.15, -0.1) is 0 Å². The van der Waals surface area contributed by atoms with Gasteiger partial charge in [-0.2, -0.15) is 5.10 Å². The monoisotopic (exact) mass is 194 g/mol. The van der Waals surface area contributed by atoms with Gasteiger partial charge in [0.15, 0.2) is 5.78 Å². The summed E-state index contributed by atoms with van der Waals surface area (Å²) in [6.45, 7) is 7.08. The fraction of sp³-hybridized carbons (Fsp3) is 0.636. The Morgan fingerprint density at radius 2 is 2.29 bits per heavy atom. The van der Waals surface area contributed by atoms with Crippen molar-refractivity contribution in [3.63, 3.8) is 0 Å². The molecule has 0 aliphatic carbocycles. The lowest BCUT2D eigenvalue weighted by molar-refractivity contribution is 0.0968. The van der Waals surface area contributed by atoms with Crippen LogP contribution in [-0.4, -0.2) is 15.6 Å². The predicted molar refractivity (Wildman–Crippen MR) is 56.3 cm³/mol. The smallest absolute Gasteiger partial charge is 0.166 e. The number of aromatic nitrogens is 2. The van der Waals surface area contributed by atoms with Crippen LogP contribution in [0.3, 0.4) is 0 Å². The molecule has 0 amide bonds. The number of hydrogen-bond donors (Lipinski definition) is 0. The van der Waals surface area contributed by atoms with E-state index in [2.05, 4.69) is 12.0 Å². The minimum absolute atomic E-state index is 0.197. The third-order valence-corrected chi connectivity index (χ3v) is 2.00. The van der Waals surface area contributed by atoms with Crippen molar-refractivity contribution in [2.45, 2.75) is 40.2 Å². The predicted octanol–water partition coefficient (Wildman–Crippen LogP) is 2.52. The van der Waals surface area contributed by atoms with Gasteiger partial charge in [-0.05, 0) is 12.3 Å². The average molecular weight is 194 g/mol. The Balaban J connectivity index is 2.62. The molecule has 0 bridgehead atoms. The highest BCUT2D eigenvalue weighted by Crippen LogP contribution is 2.08. The average Bonchev–Trinajstić information content (AvgIpc) is 2.52. The maximum Gasteiger partial charge on any atom is 0.166 e. The van der Waals surface area contributed by atoms with Crippen LogP contribution in [0.5, 0.6) is 0 Å². The Morgan fingerprint density at radius 1 is 1.57 bits per heavy atom. The van der Waals surface area contributed by atoms with Gasteiger partial charge in [0.05, 0.1) is 11.8 Å². The fourth-order valence-electron chi connectivity index (χ4n) is 1.35. The summed E-state index contributed by atoms with van der Waals surface area (Å²) in [7, 11) is 0. The summed E-state index contributed by atoms with van der Waals surface area (Å²) in [5.74, 6) is 0.611. The lowest BCUT2D eigenvalue weighted by atomic mass is 10.0. The summed E-state index contributed by atoms with van der Waals surface area (Å²) >= 11 is 0. The van der Waals surface area contributed by atoms with Gasteiger partial charge >= 0.3 is 0 Å². The zero-order chi connectivity index (χ0) is 10.6. The fourth-order valence-corrected chi connectivity index (χ4v) is 1.35. The molecule has 1 heterocycles. The molecule has 0 fully saturated rings. The molecule has 0 spiro atoms. The molecule has 0 aromatic carbocycles. The third kappa shape index (κ3) is 2.98. The first-order valence-corrected chi connectivity index (χ1v) is 5.19. The molecule has 1 aromatic rings. The number of aryl methyl sites for hydroxylation is 1. The van der Waals surface area contributed by atoms with E-state index in [-0.39, 0.29) is 5.78 Å². The van der Waals surface area contributed by atoms with E-state index in [0.29, 0.717) is 12.3 Å². The summed E-state index contributed by atoms with van der Waals surface area (Å²) in [5.41, 5.74) is 0.743. The Morgan fingerprint density at radius 3 is 2.86 bits per heavy atom. The summed E-state index contributed by atoms with van der Waals surface area (Å²) in [6, 6.07) is 0. The Hall–Kier alpha value is -1.12.